The molecular formula is C21H33N5O2. The van der Waals surface area contributed by atoms with Gasteiger partial charge in [-0.1, -0.05) is 25.7 Å². The van der Waals surface area contributed by atoms with Crippen molar-refractivity contribution < 1.29 is 9.53 Å². The van der Waals surface area contributed by atoms with E-state index in [1.165, 1.54) is 25.7 Å². The zero-order valence-electron chi connectivity index (χ0n) is 16.8. The summed E-state index contributed by atoms with van der Waals surface area (Å²) in [5.41, 5.74) is 1.09. The van der Waals surface area contributed by atoms with Crippen LogP contribution < -0.4 is 15.1 Å². The molecule has 3 heterocycles. The molecule has 7 heteroatoms. The van der Waals surface area contributed by atoms with E-state index < -0.39 is 0 Å². The molecule has 28 heavy (non-hydrogen) atoms. The summed E-state index contributed by atoms with van der Waals surface area (Å²) in [4.78, 5) is 26.2. The van der Waals surface area contributed by atoms with Crippen molar-refractivity contribution in [3.8, 4) is 0 Å². The molecule has 3 fully saturated rings. The van der Waals surface area contributed by atoms with Gasteiger partial charge in [0.05, 0.1) is 25.1 Å². The maximum atomic E-state index is 12.8. The normalized spacial score (nSPS) is 22.7. The van der Waals surface area contributed by atoms with E-state index in [-0.39, 0.29) is 11.8 Å². The van der Waals surface area contributed by atoms with Crippen LogP contribution in [0.25, 0.3) is 0 Å². The lowest BCUT2D eigenvalue weighted by molar-refractivity contribution is -0.126. The number of ether oxygens (including phenoxy) is 1. The number of hydrogen-bond donors (Lipinski definition) is 1. The predicted molar refractivity (Wildman–Crippen MR) is 110 cm³/mol. The molecule has 0 unspecified atom stereocenters. The van der Waals surface area contributed by atoms with Gasteiger partial charge in [0.1, 0.15) is 6.33 Å². The van der Waals surface area contributed by atoms with Gasteiger partial charge in [-0.25, -0.2) is 9.97 Å². The molecule has 1 N–H and O–H groups in total. The second kappa shape index (κ2) is 9.54. The molecule has 1 amide bonds. The van der Waals surface area contributed by atoms with E-state index in [4.69, 9.17) is 4.74 Å². The van der Waals surface area contributed by atoms with E-state index in [0.29, 0.717) is 6.04 Å². The van der Waals surface area contributed by atoms with Crippen LogP contribution in [0.15, 0.2) is 12.5 Å². The highest BCUT2D eigenvalue weighted by Gasteiger charge is 2.29. The Morgan fingerprint density at radius 1 is 0.964 bits per heavy atom. The monoisotopic (exact) mass is 387 g/mol. The second-order valence-corrected chi connectivity index (χ2v) is 8.29. The lowest BCUT2D eigenvalue weighted by Gasteiger charge is -2.36. The van der Waals surface area contributed by atoms with Crippen molar-refractivity contribution in [3.05, 3.63) is 12.5 Å². The number of nitrogens with zero attached hydrogens (tertiary/aromatic N) is 4. The number of anilines is 2. The van der Waals surface area contributed by atoms with Crippen LogP contribution in [0.2, 0.25) is 0 Å². The van der Waals surface area contributed by atoms with Crippen LogP contribution in [0, 0.1) is 5.92 Å². The Hall–Kier alpha value is -1.89. The highest BCUT2D eigenvalue weighted by molar-refractivity contribution is 5.79. The third-order valence-corrected chi connectivity index (χ3v) is 6.39. The van der Waals surface area contributed by atoms with Crippen LogP contribution in [-0.4, -0.2) is 61.3 Å². The fourth-order valence-electron chi connectivity index (χ4n) is 4.68. The third-order valence-electron chi connectivity index (χ3n) is 6.39. The van der Waals surface area contributed by atoms with Crippen molar-refractivity contribution in [2.24, 2.45) is 5.92 Å². The fourth-order valence-corrected chi connectivity index (χ4v) is 4.68. The molecule has 0 radical (unpaired) electrons. The SMILES string of the molecule is O=C(NC1CCCCCC1)C1CCN(c2cncnc2N2CCOCC2)CC1. The topological polar surface area (TPSA) is 70.6 Å². The Morgan fingerprint density at radius 2 is 1.68 bits per heavy atom. The molecule has 0 spiro atoms. The maximum absolute atomic E-state index is 12.8. The molecule has 1 aliphatic carbocycles. The third kappa shape index (κ3) is 4.74. The first kappa shape index (κ1) is 19.4. The lowest BCUT2D eigenvalue weighted by atomic mass is 9.94. The van der Waals surface area contributed by atoms with Crippen molar-refractivity contribution in [3.63, 3.8) is 0 Å². The van der Waals surface area contributed by atoms with Gasteiger partial charge >= 0.3 is 0 Å². The minimum atomic E-state index is 0.135. The summed E-state index contributed by atoms with van der Waals surface area (Å²) in [5, 5.41) is 3.34. The quantitative estimate of drug-likeness (QED) is 0.800. The van der Waals surface area contributed by atoms with E-state index in [1.807, 2.05) is 6.20 Å². The Kier molecular flexibility index (Phi) is 6.62. The van der Waals surface area contributed by atoms with Gasteiger partial charge in [0, 0.05) is 38.1 Å². The maximum Gasteiger partial charge on any atom is 0.223 e. The molecule has 1 aromatic rings. The largest absolute Gasteiger partial charge is 0.378 e. The van der Waals surface area contributed by atoms with Gasteiger partial charge in [-0.3, -0.25) is 4.79 Å². The molecule has 1 aromatic heterocycles. The van der Waals surface area contributed by atoms with E-state index >= 15 is 0 Å². The second-order valence-electron chi connectivity index (χ2n) is 8.29. The molecule has 2 aliphatic heterocycles. The molecule has 2 saturated heterocycles. The highest BCUT2D eigenvalue weighted by atomic mass is 16.5. The molecule has 7 nitrogen and oxygen atoms in total. The van der Waals surface area contributed by atoms with Crippen LogP contribution >= 0.6 is 0 Å². The zero-order chi connectivity index (χ0) is 19.2. The first-order valence-electron chi connectivity index (χ1n) is 11.0. The minimum absolute atomic E-state index is 0.135. The number of carbonyl (C=O) groups is 1. The number of amides is 1. The summed E-state index contributed by atoms with van der Waals surface area (Å²) in [6, 6.07) is 0.392. The zero-order valence-corrected chi connectivity index (χ0v) is 16.8. The Bertz CT molecular complexity index is 633. The molecule has 0 aromatic carbocycles. The van der Waals surface area contributed by atoms with E-state index in [9.17, 15) is 4.79 Å². The van der Waals surface area contributed by atoms with Gasteiger partial charge in [-0.2, -0.15) is 0 Å². The van der Waals surface area contributed by atoms with Gasteiger partial charge in [-0.05, 0) is 25.7 Å². The van der Waals surface area contributed by atoms with E-state index in [0.717, 1.165) is 76.6 Å². The highest BCUT2D eigenvalue weighted by Crippen LogP contribution is 2.30. The van der Waals surface area contributed by atoms with Crippen LogP contribution in [0.4, 0.5) is 11.5 Å². The van der Waals surface area contributed by atoms with Crippen molar-refractivity contribution in [1.29, 1.82) is 0 Å². The first-order valence-corrected chi connectivity index (χ1v) is 11.0. The van der Waals surface area contributed by atoms with Crippen LogP contribution in [0.3, 0.4) is 0 Å². The van der Waals surface area contributed by atoms with Crippen LogP contribution in [0.1, 0.15) is 51.4 Å². The van der Waals surface area contributed by atoms with Crippen molar-refractivity contribution in [2.75, 3.05) is 49.2 Å². The summed E-state index contributed by atoms with van der Waals surface area (Å²) in [5.74, 6) is 1.40. The number of aromatic nitrogens is 2. The summed E-state index contributed by atoms with van der Waals surface area (Å²) < 4.78 is 5.47. The molecule has 1 saturated carbocycles. The number of rotatable bonds is 4. The predicted octanol–water partition coefficient (Wildman–Crippen LogP) is 2.37. The molecular weight excluding hydrogens is 354 g/mol. The summed E-state index contributed by atoms with van der Waals surface area (Å²) >= 11 is 0. The minimum Gasteiger partial charge on any atom is -0.378 e. The smallest absolute Gasteiger partial charge is 0.223 e. The lowest BCUT2D eigenvalue weighted by Crippen LogP contribution is -2.44. The van der Waals surface area contributed by atoms with Crippen LogP contribution in [0.5, 0.6) is 0 Å². The van der Waals surface area contributed by atoms with Gasteiger partial charge in [-0.15, -0.1) is 0 Å². The Morgan fingerprint density at radius 3 is 2.39 bits per heavy atom. The number of carbonyl (C=O) groups excluding carboxylic acids is 1. The standard InChI is InChI=1S/C21H33N5O2/c27-21(24-18-5-3-1-2-4-6-18)17-7-9-25(10-8-17)19-15-22-16-23-20(19)26-11-13-28-14-12-26/h15-18H,1-14H2,(H,24,27). The Balaban J connectivity index is 1.33. The molecule has 4 rings (SSSR count). The summed E-state index contributed by atoms with van der Waals surface area (Å²) in [6.07, 6.45) is 12.8. The molecule has 0 bridgehead atoms. The van der Waals surface area contributed by atoms with Gasteiger partial charge in [0.25, 0.3) is 0 Å². The average molecular weight is 388 g/mol. The van der Waals surface area contributed by atoms with Crippen molar-refractivity contribution in [1.82, 2.24) is 15.3 Å². The number of piperidine rings is 1. The van der Waals surface area contributed by atoms with Gasteiger partial charge in [0.2, 0.25) is 5.91 Å². The van der Waals surface area contributed by atoms with Crippen LogP contribution in [-0.2, 0) is 9.53 Å². The first-order chi connectivity index (χ1) is 13.8. The van der Waals surface area contributed by atoms with E-state index in [2.05, 4.69) is 25.1 Å². The van der Waals surface area contributed by atoms with Gasteiger partial charge in [0.15, 0.2) is 5.82 Å². The van der Waals surface area contributed by atoms with Crippen molar-refractivity contribution >= 4 is 17.4 Å². The fraction of sp³-hybridized carbons (Fsp3) is 0.762. The molecule has 154 valence electrons. The number of morpholine rings is 1. The van der Waals surface area contributed by atoms with Crippen molar-refractivity contribution in [2.45, 2.75) is 57.4 Å². The summed E-state index contributed by atoms with van der Waals surface area (Å²) in [7, 11) is 0. The Labute approximate surface area is 167 Å². The average Bonchev–Trinajstić information content (AvgIpc) is 3.03. The van der Waals surface area contributed by atoms with E-state index in [1.54, 1.807) is 6.33 Å². The molecule has 0 atom stereocenters. The summed E-state index contributed by atoms with van der Waals surface area (Å²) in [6.45, 7) is 4.98. The molecule has 3 aliphatic rings. The van der Waals surface area contributed by atoms with Gasteiger partial charge < -0.3 is 19.9 Å². The number of nitrogens with one attached hydrogen (secondary N) is 1. The number of hydrogen-bond acceptors (Lipinski definition) is 6.